The Hall–Kier alpha value is -2.15. The van der Waals surface area contributed by atoms with Gasteiger partial charge in [-0.05, 0) is 62.8 Å². The van der Waals surface area contributed by atoms with Gasteiger partial charge in [0.25, 0.3) is 0 Å². The van der Waals surface area contributed by atoms with Crippen molar-refractivity contribution in [3.63, 3.8) is 0 Å². The number of pyridine rings is 1. The number of aryl methyl sites for hydroxylation is 2. The van der Waals surface area contributed by atoms with E-state index in [1.807, 2.05) is 13.1 Å². The molecule has 0 amide bonds. The second-order valence-electron chi connectivity index (χ2n) is 6.90. The first kappa shape index (κ1) is 20.9. The second kappa shape index (κ2) is 9.98. The summed E-state index contributed by atoms with van der Waals surface area (Å²) in [5.41, 5.74) is 8.58. The van der Waals surface area contributed by atoms with Crippen LogP contribution in [0.15, 0.2) is 54.8 Å². The fourth-order valence-electron chi connectivity index (χ4n) is 2.52. The molecule has 1 aromatic heterocycles. The Morgan fingerprint density at radius 2 is 1.84 bits per heavy atom. The smallest absolute Gasteiger partial charge is 0.0685 e. The van der Waals surface area contributed by atoms with E-state index < -0.39 is 0 Å². The number of hydrogen-bond donors (Lipinski definition) is 0. The van der Waals surface area contributed by atoms with E-state index in [1.54, 1.807) is 0 Å². The molecule has 0 fully saturated rings. The van der Waals surface area contributed by atoms with Crippen molar-refractivity contribution in [3.05, 3.63) is 71.6 Å². The van der Waals surface area contributed by atoms with E-state index in [2.05, 4.69) is 89.5 Å². The summed E-state index contributed by atoms with van der Waals surface area (Å²) in [6, 6.07) is 10.7. The molecule has 2 aromatic rings. The summed E-state index contributed by atoms with van der Waals surface area (Å²) >= 11 is 0. The van der Waals surface area contributed by atoms with Gasteiger partial charge in [0.1, 0.15) is 0 Å². The molecule has 0 aliphatic carbocycles. The zero-order valence-corrected chi connectivity index (χ0v) is 17.0. The molecule has 25 heavy (non-hydrogen) atoms. The van der Waals surface area contributed by atoms with Gasteiger partial charge < -0.3 is 0 Å². The molecule has 0 aliphatic rings. The van der Waals surface area contributed by atoms with Crippen LogP contribution in [0.2, 0.25) is 0 Å². The van der Waals surface area contributed by atoms with Crippen LogP contribution in [0.1, 0.15) is 57.9 Å². The number of benzene rings is 1. The van der Waals surface area contributed by atoms with Gasteiger partial charge in [-0.2, -0.15) is 0 Å². The standard InChI is InChI=1S/C17H19N.C7H14/c1-5-13(3)17-14(4)10-16(11-18-17)15-8-6-7-12(2)9-15;1-5-7(4)6(2)3/h5-11H,1-4H3;6H,4-5H2,1-3H3/b13-5-;. The van der Waals surface area contributed by atoms with Crippen molar-refractivity contribution >= 4 is 5.57 Å². The normalized spacial score (nSPS) is 11.1. The van der Waals surface area contributed by atoms with Crippen LogP contribution in [0.5, 0.6) is 0 Å². The van der Waals surface area contributed by atoms with E-state index in [1.165, 1.54) is 33.4 Å². The summed E-state index contributed by atoms with van der Waals surface area (Å²) in [4.78, 5) is 4.59. The first-order valence-corrected chi connectivity index (χ1v) is 9.14. The van der Waals surface area contributed by atoms with Crippen molar-refractivity contribution in [1.29, 1.82) is 0 Å². The third-order valence-corrected chi connectivity index (χ3v) is 4.51. The minimum absolute atomic E-state index is 0.671. The zero-order chi connectivity index (χ0) is 19.0. The lowest BCUT2D eigenvalue weighted by atomic mass is 10.0. The van der Waals surface area contributed by atoms with Crippen LogP contribution in [-0.2, 0) is 0 Å². The summed E-state index contributed by atoms with van der Waals surface area (Å²) in [5, 5.41) is 0. The molecule has 1 heterocycles. The fourth-order valence-corrected chi connectivity index (χ4v) is 2.52. The molecule has 0 unspecified atom stereocenters. The molecule has 0 N–H and O–H groups in total. The van der Waals surface area contributed by atoms with Gasteiger partial charge in [0, 0.05) is 11.8 Å². The summed E-state index contributed by atoms with van der Waals surface area (Å²) in [5.74, 6) is 0.671. The van der Waals surface area contributed by atoms with E-state index in [-0.39, 0.29) is 0 Å². The maximum absolute atomic E-state index is 4.59. The van der Waals surface area contributed by atoms with E-state index in [4.69, 9.17) is 0 Å². The van der Waals surface area contributed by atoms with Gasteiger partial charge in [-0.25, -0.2) is 0 Å². The van der Waals surface area contributed by atoms with Crippen LogP contribution in [-0.4, -0.2) is 4.98 Å². The summed E-state index contributed by atoms with van der Waals surface area (Å²) in [6.45, 7) is 18.7. The summed E-state index contributed by atoms with van der Waals surface area (Å²) in [6.07, 6.45) is 5.18. The molecular weight excluding hydrogens is 302 g/mol. The molecule has 0 spiro atoms. The van der Waals surface area contributed by atoms with Gasteiger partial charge in [0.15, 0.2) is 0 Å². The predicted octanol–water partition coefficient (Wildman–Crippen LogP) is 7.40. The molecule has 2 rings (SSSR count). The SMILES string of the molecule is C/C=C(/C)c1ncc(-c2cccc(C)c2)cc1C.C=C(CC)C(C)C. The average molecular weight is 336 g/mol. The minimum atomic E-state index is 0.671. The van der Waals surface area contributed by atoms with Gasteiger partial charge in [-0.3, -0.25) is 4.98 Å². The Balaban J connectivity index is 0.000000381. The highest BCUT2D eigenvalue weighted by molar-refractivity contribution is 5.69. The van der Waals surface area contributed by atoms with Crippen LogP contribution in [0.4, 0.5) is 0 Å². The molecule has 134 valence electrons. The Bertz CT molecular complexity index is 736. The Morgan fingerprint density at radius 1 is 1.16 bits per heavy atom. The topological polar surface area (TPSA) is 12.9 Å². The second-order valence-corrected chi connectivity index (χ2v) is 6.90. The number of aromatic nitrogens is 1. The van der Waals surface area contributed by atoms with Gasteiger partial charge >= 0.3 is 0 Å². The quantitative estimate of drug-likeness (QED) is 0.530. The number of nitrogens with zero attached hydrogens (tertiary/aromatic N) is 1. The van der Waals surface area contributed by atoms with Crippen molar-refractivity contribution in [1.82, 2.24) is 4.98 Å². The fraction of sp³-hybridized carbons (Fsp3) is 0.375. The molecule has 0 saturated carbocycles. The first-order chi connectivity index (χ1) is 11.8. The molecule has 1 aromatic carbocycles. The van der Waals surface area contributed by atoms with Crippen LogP contribution in [0, 0.1) is 19.8 Å². The highest BCUT2D eigenvalue weighted by Crippen LogP contribution is 2.24. The number of hydrogen-bond acceptors (Lipinski definition) is 1. The van der Waals surface area contributed by atoms with E-state index >= 15 is 0 Å². The lowest BCUT2D eigenvalue weighted by Gasteiger charge is -2.08. The van der Waals surface area contributed by atoms with Gasteiger partial charge in [-0.1, -0.05) is 68.8 Å². The van der Waals surface area contributed by atoms with E-state index in [0.717, 1.165) is 12.1 Å². The Kier molecular flexibility index (Phi) is 8.34. The molecule has 0 saturated heterocycles. The van der Waals surface area contributed by atoms with Crippen molar-refractivity contribution in [2.45, 2.75) is 54.9 Å². The van der Waals surface area contributed by atoms with Crippen LogP contribution >= 0.6 is 0 Å². The van der Waals surface area contributed by atoms with Crippen molar-refractivity contribution in [2.75, 3.05) is 0 Å². The molecular formula is C24H33N. The Labute approximate surface area is 154 Å². The van der Waals surface area contributed by atoms with Crippen molar-refractivity contribution in [3.8, 4) is 11.1 Å². The lowest BCUT2D eigenvalue weighted by Crippen LogP contribution is -1.92. The largest absolute Gasteiger partial charge is 0.256 e. The monoisotopic (exact) mass is 335 g/mol. The van der Waals surface area contributed by atoms with Gasteiger partial charge in [0.05, 0.1) is 5.69 Å². The molecule has 0 radical (unpaired) electrons. The van der Waals surface area contributed by atoms with Crippen molar-refractivity contribution in [2.24, 2.45) is 5.92 Å². The average Bonchev–Trinajstić information content (AvgIpc) is 2.60. The van der Waals surface area contributed by atoms with Gasteiger partial charge in [0.2, 0.25) is 0 Å². The van der Waals surface area contributed by atoms with E-state index in [9.17, 15) is 0 Å². The van der Waals surface area contributed by atoms with E-state index in [0.29, 0.717) is 5.92 Å². The van der Waals surface area contributed by atoms with Crippen LogP contribution in [0.3, 0.4) is 0 Å². The number of rotatable bonds is 4. The third-order valence-electron chi connectivity index (χ3n) is 4.51. The van der Waals surface area contributed by atoms with Crippen LogP contribution in [0.25, 0.3) is 16.7 Å². The predicted molar refractivity (Wildman–Crippen MR) is 113 cm³/mol. The zero-order valence-electron chi connectivity index (χ0n) is 17.0. The first-order valence-electron chi connectivity index (χ1n) is 9.14. The maximum atomic E-state index is 4.59. The lowest BCUT2D eigenvalue weighted by molar-refractivity contribution is 0.736. The minimum Gasteiger partial charge on any atom is -0.256 e. The highest BCUT2D eigenvalue weighted by Gasteiger charge is 2.05. The molecule has 0 bridgehead atoms. The molecule has 0 atom stereocenters. The highest BCUT2D eigenvalue weighted by atomic mass is 14.7. The van der Waals surface area contributed by atoms with Gasteiger partial charge in [-0.15, -0.1) is 0 Å². The maximum Gasteiger partial charge on any atom is 0.0685 e. The third kappa shape index (κ3) is 6.34. The van der Waals surface area contributed by atoms with Crippen molar-refractivity contribution < 1.29 is 0 Å². The Morgan fingerprint density at radius 3 is 2.28 bits per heavy atom. The molecule has 0 aliphatic heterocycles. The summed E-state index contributed by atoms with van der Waals surface area (Å²) in [7, 11) is 0. The molecule has 1 heteroatoms. The number of allylic oxidation sites excluding steroid dienone is 3. The van der Waals surface area contributed by atoms with Crippen LogP contribution < -0.4 is 0 Å². The summed E-state index contributed by atoms with van der Waals surface area (Å²) < 4.78 is 0. The molecule has 1 nitrogen and oxygen atoms in total.